The Kier molecular flexibility index (Phi) is 12.5. The van der Waals surface area contributed by atoms with Gasteiger partial charge in [-0.05, 0) is 12.3 Å². The van der Waals surface area contributed by atoms with Crippen molar-refractivity contribution in [3.63, 3.8) is 0 Å². The summed E-state index contributed by atoms with van der Waals surface area (Å²) >= 11 is 0. The van der Waals surface area contributed by atoms with Crippen molar-refractivity contribution >= 4 is 10.4 Å². The lowest BCUT2D eigenvalue weighted by Gasteiger charge is -2.04. The molecule has 0 aliphatic heterocycles. The standard InChI is InChI=1S/C15H32O4S/c1-15(2)13-11-9-7-5-3-4-6-8-10-12-14-19-20(16,17)18/h15H,3-14H2,1-2H3,(H,16,17,18). The average molecular weight is 308 g/mol. The topological polar surface area (TPSA) is 63.6 Å². The summed E-state index contributed by atoms with van der Waals surface area (Å²) in [6, 6.07) is 0. The smallest absolute Gasteiger partial charge is 0.264 e. The van der Waals surface area contributed by atoms with Crippen molar-refractivity contribution in [2.45, 2.75) is 84.5 Å². The fraction of sp³-hybridized carbons (Fsp3) is 1.00. The SMILES string of the molecule is CC(C)CCCCCCCCCCCCOS(=O)(=O)O. The van der Waals surface area contributed by atoms with Gasteiger partial charge in [-0.25, -0.2) is 4.18 Å². The average Bonchev–Trinajstić information content (AvgIpc) is 2.33. The fourth-order valence-corrected chi connectivity index (χ4v) is 2.56. The Bertz CT molecular complexity index is 299. The van der Waals surface area contributed by atoms with E-state index < -0.39 is 10.4 Å². The van der Waals surface area contributed by atoms with Crippen molar-refractivity contribution in [1.82, 2.24) is 0 Å². The van der Waals surface area contributed by atoms with E-state index >= 15 is 0 Å². The summed E-state index contributed by atoms with van der Waals surface area (Å²) in [5, 5.41) is 0. The first-order valence-corrected chi connectivity index (χ1v) is 9.40. The summed E-state index contributed by atoms with van der Waals surface area (Å²) in [6.45, 7) is 4.65. The Morgan fingerprint density at radius 1 is 0.800 bits per heavy atom. The van der Waals surface area contributed by atoms with E-state index in [1.54, 1.807) is 0 Å². The second-order valence-electron chi connectivity index (χ2n) is 5.97. The Hall–Kier alpha value is -0.130. The van der Waals surface area contributed by atoms with Gasteiger partial charge >= 0.3 is 10.4 Å². The van der Waals surface area contributed by atoms with Crippen LogP contribution in [0.4, 0.5) is 0 Å². The first kappa shape index (κ1) is 19.9. The van der Waals surface area contributed by atoms with E-state index in [9.17, 15) is 8.42 Å². The van der Waals surface area contributed by atoms with E-state index in [0.717, 1.165) is 18.8 Å². The van der Waals surface area contributed by atoms with Crippen LogP contribution in [-0.2, 0) is 14.6 Å². The Labute approximate surface area is 125 Å². The van der Waals surface area contributed by atoms with Gasteiger partial charge in [-0.3, -0.25) is 4.55 Å². The van der Waals surface area contributed by atoms with Crippen LogP contribution in [0.2, 0.25) is 0 Å². The van der Waals surface area contributed by atoms with Crippen LogP contribution < -0.4 is 0 Å². The molecule has 0 fully saturated rings. The lowest BCUT2D eigenvalue weighted by atomic mass is 10.0. The number of unbranched alkanes of at least 4 members (excludes halogenated alkanes) is 9. The van der Waals surface area contributed by atoms with Crippen LogP contribution in [-0.4, -0.2) is 19.6 Å². The molecule has 0 aliphatic rings. The van der Waals surface area contributed by atoms with Crippen molar-refractivity contribution in [2.75, 3.05) is 6.61 Å². The zero-order valence-electron chi connectivity index (χ0n) is 13.1. The second-order valence-corrected chi connectivity index (χ2v) is 7.06. The molecule has 4 nitrogen and oxygen atoms in total. The van der Waals surface area contributed by atoms with Gasteiger partial charge in [-0.1, -0.05) is 78.1 Å². The van der Waals surface area contributed by atoms with Crippen LogP contribution >= 0.6 is 0 Å². The quantitative estimate of drug-likeness (QED) is 0.371. The third kappa shape index (κ3) is 17.9. The normalized spacial score (nSPS) is 12.2. The van der Waals surface area contributed by atoms with E-state index in [0.29, 0.717) is 6.42 Å². The van der Waals surface area contributed by atoms with Crippen molar-refractivity contribution in [2.24, 2.45) is 5.92 Å². The van der Waals surface area contributed by atoms with Crippen LogP contribution in [0.3, 0.4) is 0 Å². The molecule has 0 unspecified atom stereocenters. The molecule has 0 radical (unpaired) electrons. The number of hydrogen-bond acceptors (Lipinski definition) is 3. The second kappa shape index (κ2) is 12.6. The van der Waals surface area contributed by atoms with Gasteiger partial charge in [0, 0.05) is 0 Å². The Balaban J connectivity index is 3.06. The van der Waals surface area contributed by atoms with E-state index in [1.165, 1.54) is 51.4 Å². The number of hydrogen-bond donors (Lipinski definition) is 1. The van der Waals surface area contributed by atoms with Gasteiger partial charge in [0.25, 0.3) is 0 Å². The van der Waals surface area contributed by atoms with E-state index in [4.69, 9.17) is 4.55 Å². The van der Waals surface area contributed by atoms with Gasteiger partial charge < -0.3 is 0 Å². The highest BCUT2D eigenvalue weighted by Crippen LogP contribution is 2.13. The zero-order valence-corrected chi connectivity index (χ0v) is 14.0. The third-order valence-corrected chi connectivity index (χ3v) is 3.87. The van der Waals surface area contributed by atoms with Gasteiger partial charge in [-0.15, -0.1) is 0 Å². The molecule has 0 bridgehead atoms. The lowest BCUT2D eigenvalue weighted by molar-refractivity contribution is 0.261. The molecular formula is C15H32O4S. The highest BCUT2D eigenvalue weighted by Gasteiger charge is 2.02. The van der Waals surface area contributed by atoms with Gasteiger partial charge in [0.05, 0.1) is 6.61 Å². The van der Waals surface area contributed by atoms with Gasteiger partial charge in [0.15, 0.2) is 0 Å². The van der Waals surface area contributed by atoms with E-state index in [-0.39, 0.29) is 6.61 Å². The van der Waals surface area contributed by atoms with Gasteiger partial charge in [0.1, 0.15) is 0 Å². The summed E-state index contributed by atoms with van der Waals surface area (Å²) in [4.78, 5) is 0. The summed E-state index contributed by atoms with van der Waals surface area (Å²) in [5.74, 6) is 0.833. The summed E-state index contributed by atoms with van der Waals surface area (Å²) < 4.78 is 33.2. The minimum atomic E-state index is -4.24. The zero-order chi connectivity index (χ0) is 15.3. The first-order chi connectivity index (χ1) is 9.42. The fourth-order valence-electron chi connectivity index (χ4n) is 2.23. The summed E-state index contributed by atoms with van der Waals surface area (Å²) in [5.41, 5.74) is 0. The van der Waals surface area contributed by atoms with E-state index in [2.05, 4.69) is 18.0 Å². The van der Waals surface area contributed by atoms with Gasteiger partial charge in [-0.2, -0.15) is 8.42 Å². The first-order valence-electron chi connectivity index (χ1n) is 8.03. The van der Waals surface area contributed by atoms with Crippen molar-refractivity contribution in [3.8, 4) is 0 Å². The Morgan fingerprint density at radius 3 is 1.60 bits per heavy atom. The molecule has 0 aromatic rings. The highest BCUT2D eigenvalue weighted by molar-refractivity contribution is 7.80. The minimum absolute atomic E-state index is 0.0919. The van der Waals surface area contributed by atoms with E-state index in [1.807, 2.05) is 0 Å². The minimum Gasteiger partial charge on any atom is -0.264 e. The molecule has 0 aromatic carbocycles. The predicted octanol–water partition coefficient (Wildman–Crippen LogP) is 4.75. The van der Waals surface area contributed by atoms with Gasteiger partial charge in [0.2, 0.25) is 0 Å². The van der Waals surface area contributed by atoms with Crippen molar-refractivity contribution < 1.29 is 17.2 Å². The third-order valence-electron chi connectivity index (χ3n) is 3.41. The molecule has 0 aromatic heterocycles. The molecule has 0 heterocycles. The predicted molar refractivity (Wildman–Crippen MR) is 83.1 cm³/mol. The highest BCUT2D eigenvalue weighted by atomic mass is 32.3. The maximum Gasteiger partial charge on any atom is 0.397 e. The van der Waals surface area contributed by atoms with Crippen LogP contribution in [0.15, 0.2) is 0 Å². The molecule has 0 atom stereocenters. The maximum atomic E-state index is 10.3. The van der Waals surface area contributed by atoms with Crippen molar-refractivity contribution in [3.05, 3.63) is 0 Å². The molecule has 20 heavy (non-hydrogen) atoms. The molecule has 0 spiro atoms. The van der Waals surface area contributed by atoms with Crippen LogP contribution in [0, 0.1) is 5.92 Å². The Morgan fingerprint density at radius 2 is 1.20 bits per heavy atom. The maximum absolute atomic E-state index is 10.3. The van der Waals surface area contributed by atoms with Crippen LogP contribution in [0.1, 0.15) is 84.5 Å². The molecule has 0 saturated carbocycles. The molecule has 1 N–H and O–H groups in total. The molecule has 0 rings (SSSR count). The molecule has 0 aliphatic carbocycles. The molecule has 0 amide bonds. The molecule has 0 saturated heterocycles. The largest absolute Gasteiger partial charge is 0.397 e. The molecule has 122 valence electrons. The monoisotopic (exact) mass is 308 g/mol. The van der Waals surface area contributed by atoms with Crippen molar-refractivity contribution in [1.29, 1.82) is 0 Å². The lowest BCUT2D eigenvalue weighted by Crippen LogP contribution is -2.04. The van der Waals surface area contributed by atoms with Crippen LogP contribution in [0.25, 0.3) is 0 Å². The summed E-state index contributed by atoms with van der Waals surface area (Å²) in [7, 11) is -4.24. The molecular weight excluding hydrogens is 276 g/mol. The summed E-state index contributed by atoms with van der Waals surface area (Å²) in [6.07, 6.45) is 13.3. The van der Waals surface area contributed by atoms with Crippen LogP contribution in [0.5, 0.6) is 0 Å². The number of rotatable bonds is 14. The molecule has 5 heteroatoms.